The summed E-state index contributed by atoms with van der Waals surface area (Å²) in [7, 11) is 1.71. The molecule has 118 valence electrons. The van der Waals surface area contributed by atoms with Gasteiger partial charge in [0.2, 0.25) is 17.8 Å². The summed E-state index contributed by atoms with van der Waals surface area (Å²) in [5.74, 6) is 7.10. The first-order valence-corrected chi connectivity index (χ1v) is 7.54. The number of aromatic nitrogens is 3. The van der Waals surface area contributed by atoms with Crippen molar-refractivity contribution in [2.45, 2.75) is 32.1 Å². The minimum Gasteiger partial charge on any atom is -0.385 e. The third kappa shape index (κ3) is 4.98. The molecule has 21 heavy (non-hydrogen) atoms. The number of nitrogens with one attached hydrogen (secondary N) is 2. The van der Waals surface area contributed by atoms with E-state index >= 15 is 0 Å². The summed E-state index contributed by atoms with van der Waals surface area (Å²) < 4.78 is 5.03. The highest BCUT2D eigenvalue weighted by Crippen LogP contribution is 2.18. The van der Waals surface area contributed by atoms with E-state index in [1.807, 2.05) is 0 Å². The second-order valence-corrected chi connectivity index (χ2v) is 5.10. The number of rotatable bonds is 8. The standard InChI is InChI=1S/C13H25N7O/c1-21-10-6-3-7-15-11-16-12(19-14)18-13(17-11)20-8-4-2-5-9-20/h2-10,14H2,1H3,(H2,15,16,17,18,19). The van der Waals surface area contributed by atoms with Crippen molar-refractivity contribution in [3.8, 4) is 0 Å². The maximum absolute atomic E-state index is 5.45. The predicted molar refractivity (Wildman–Crippen MR) is 83.3 cm³/mol. The molecule has 0 amide bonds. The molecule has 0 saturated carbocycles. The Labute approximate surface area is 125 Å². The first-order chi connectivity index (χ1) is 10.3. The molecule has 1 aliphatic rings. The molecule has 0 bridgehead atoms. The molecule has 0 radical (unpaired) electrons. The lowest BCUT2D eigenvalue weighted by Crippen LogP contribution is -2.31. The van der Waals surface area contributed by atoms with Gasteiger partial charge in [0.1, 0.15) is 0 Å². The van der Waals surface area contributed by atoms with Gasteiger partial charge in [-0.3, -0.25) is 5.43 Å². The first kappa shape index (κ1) is 15.7. The summed E-state index contributed by atoms with van der Waals surface area (Å²) in [5, 5.41) is 3.22. The first-order valence-electron chi connectivity index (χ1n) is 7.54. The van der Waals surface area contributed by atoms with Crippen LogP contribution in [0.1, 0.15) is 32.1 Å². The number of nitrogens with two attached hydrogens (primary N) is 1. The molecule has 8 heteroatoms. The van der Waals surface area contributed by atoms with Gasteiger partial charge in [0.15, 0.2) is 0 Å². The van der Waals surface area contributed by atoms with E-state index in [0.29, 0.717) is 17.8 Å². The van der Waals surface area contributed by atoms with Crippen molar-refractivity contribution in [1.29, 1.82) is 0 Å². The highest BCUT2D eigenvalue weighted by atomic mass is 16.5. The number of nitrogens with zero attached hydrogens (tertiary/aromatic N) is 4. The number of hydrogen-bond acceptors (Lipinski definition) is 8. The molecule has 8 nitrogen and oxygen atoms in total. The van der Waals surface area contributed by atoms with E-state index in [0.717, 1.165) is 39.1 Å². The molecule has 1 aliphatic heterocycles. The number of methoxy groups -OCH3 is 1. The van der Waals surface area contributed by atoms with E-state index < -0.39 is 0 Å². The van der Waals surface area contributed by atoms with E-state index in [1.54, 1.807) is 7.11 Å². The fraction of sp³-hybridized carbons (Fsp3) is 0.769. The van der Waals surface area contributed by atoms with Crippen LogP contribution in [0.2, 0.25) is 0 Å². The van der Waals surface area contributed by atoms with Crippen LogP contribution in [0, 0.1) is 0 Å². The van der Waals surface area contributed by atoms with E-state index in [-0.39, 0.29) is 0 Å². The van der Waals surface area contributed by atoms with Crippen LogP contribution in [-0.4, -0.2) is 48.3 Å². The molecule has 0 aliphatic carbocycles. The summed E-state index contributed by atoms with van der Waals surface area (Å²) in [5.41, 5.74) is 2.51. The lowest BCUT2D eigenvalue weighted by molar-refractivity contribution is 0.193. The van der Waals surface area contributed by atoms with Crippen molar-refractivity contribution in [2.75, 3.05) is 49.0 Å². The van der Waals surface area contributed by atoms with Gasteiger partial charge >= 0.3 is 0 Å². The van der Waals surface area contributed by atoms with Crippen molar-refractivity contribution in [1.82, 2.24) is 15.0 Å². The van der Waals surface area contributed by atoms with Crippen molar-refractivity contribution in [2.24, 2.45) is 5.84 Å². The highest BCUT2D eigenvalue weighted by Gasteiger charge is 2.15. The number of hydrogen-bond donors (Lipinski definition) is 3. The topological polar surface area (TPSA) is 101 Å². The summed E-state index contributed by atoms with van der Waals surface area (Å²) in [4.78, 5) is 15.2. The number of anilines is 3. The Morgan fingerprint density at radius 2 is 1.86 bits per heavy atom. The van der Waals surface area contributed by atoms with Crippen molar-refractivity contribution in [3.63, 3.8) is 0 Å². The van der Waals surface area contributed by atoms with Crippen LogP contribution in [0.3, 0.4) is 0 Å². The van der Waals surface area contributed by atoms with Gasteiger partial charge in [0, 0.05) is 33.4 Å². The lowest BCUT2D eigenvalue weighted by atomic mass is 10.1. The summed E-state index contributed by atoms with van der Waals surface area (Å²) in [6.07, 6.45) is 5.64. The molecule has 2 heterocycles. The molecule has 2 rings (SSSR count). The molecule has 0 spiro atoms. The van der Waals surface area contributed by atoms with Gasteiger partial charge in [-0.05, 0) is 32.1 Å². The SMILES string of the molecule is COCCCCNc1nc(NN)nc(N2CCCCC2)n1. The Balaban J connectivity index is 1.96. The Kier molecular flexibility index (Phi) is 6.42. The van der Waals surface area contributed by atoms with Crippen LogP contribution in [0.25, 0.3) is 0 Å². The third-order valence-electron chi connectivity index (χ3n) is 3.45. The Bertz CT molecular complexity index is 423. The van der Waals surface area contributed by atoms with E-state index in [4.69, 9.17) is 10.6 Å². The van der Waals surface area contributed by atoms with E-state index in [2.05, 4.69) is 30.6 Å². The lowest BCUT2D eigenvalue weighted by Gasteiger charge is -2.26. The Morgan fingerprint density at radius 1 is 1.10 bits per heavy atom. The Morgan fingerprint density at radius 3 is 2.57 bits per heavy atom. The van der Waals surface area contributed by atoms with Crippen LogP contribution >= 0.6 is 0 Å². The molecule has 0 unspecified atom stereocenters. The average molecular weight is 295 g/mol. The minimum absolute atomic E-state index is 0.393. The van der Waals surface area contributed by atoms with Crippen molar-refractivity contribution >= 4 is 17.8 Å². The van der Waals surface area contributed by atoms with Crippen LogP contribution in [0.5, 0.6) is 0 Å². The molecule has 1 fully saturated rings. The largest absolute Gasteiger partial charge is 0.385 e. The van der Waals surface area contributed by atoms with Crippen LogP contribution in [0.4, 0.5) is 17.8 Å². The molecule has 0 atom stereocenters. The van der Waals surface area contributed by atoms with E-state index in [9.17, 15) is 0 Å². The van der Waals surface area contributed by atoms with Gasteiger partial charge in [-0.25, -0.2) is 5.84 Å². The van der Waals surface area contributed by atoms with Crippen molar-refractivity contribution in [3.05, 3.63) is 0 Å². The second kappa shape index (κ2) is 8.58. The van der Waals surface area contributed by atoms with Gasteiger partial charge in [-0.1, -0.05) is 0 Å². The average Bonchev–Trinajstić information content (AvgIpc) is 2.55. The molecular formula is C13H25N7O. The predicted octanol–water partition coefficient (Wildman–Crippen LogP) is 0.986. The smallest absolute Gasteiger partial charge is 0.243 e. The van der Waals surface area contributed by atoms with Gasteiger partial charge < -0.3 is 15.0 Å². The quantitative estimate of drug-likeness (QED) is 0.371. The second-order valence-electron chi connectivity index (χ2n) is 5.10. The van der Waals surface area contributed by atoms with Gasteiger partial charge in [-0.15, -0.1) is 0 Å². The maximum atomic E-state index is 5.45. The molecule has 4 N–H and O–H groups in total. The zero-order valence-electron chi connectivity index (χ0n) is 12.6. The zero-order chi connectivity index (χ0) is 14.9. The monoisotopic (exact) mass is 295 g/mol. The molecule has 1 saturated heterocycles. The van der Waals surface area contributed by atoms with Crippen LogP contribution in [-0.2, 0) is 4.74 Å². The molecule has 0 aromatic carbocycles. The molecule has 1 aromatic rings. The van der Waals surface area contributed by atoms with Crippen molar-refractivity contribution < 1.29 is 4.74 Å². The Hall–Kier alpha value is -1.67. The number of ether oxygens (including phenoxy) is 1. The summed E-state index contributed by atoms with van der Waals surface area (Å²) >= 11 is 0. The van der Waals surface area contributed by atoms with Gasteiger partial charge in [0.05, 0.1) is 0 Å². The van der Waals surface area contributed by atoms with Gasteiger partial charge in [-0.2, -0.15) is 15.0 Å². The third-order valence-corrected chi connectivity index (χ3v) is 3.45. The number of piperidine rings is 1. The van der Waals surface area contributed by atoms with Gasteiger partial charge in [0.25, 0.3) is 0 Å². The molecule has 1 aromatic heterocycles. The number of unbranched alkanes of at least 4 members (excludes halogenated alkanes) is 1. The fourth-order valence-corrected chi connectivity index (χ4v) is 2.32. The minimum atomic E-state index is 0.393. The number of nitrogen functional groups attached to an aromatic ring is 1. The zero-order valence-corrected chi connectivity index (χ0v) is 12.6. The fourth-order valence-electron chi connectivity index (χ4n) is 2.32. The molecular weight excluding hydrogens is 270 g/mol. The summed E-state index contributed by atoms with van der Waals surface area (Å²) in [6, 6.07) is 0. The van der Waals surface area contributed by atoms with Crippen LogP contribution in [0.15, 0.2) is 0 Å². The summed E-state index contributed by atoms with van der Waals surface area (Å²) in [6.45, 7) is 3.55. The normalized spacial score (nSPS) is 15.0. The highest BCUT2D eigenvalue weighted by molar-refractivity contribution is 5.43. The van der Waals surface area contributed by atoms with Crippen LogP contribution < -0.4 is 21.5 Å². The number of hydrazine groups is 1. The van der Waals surface area contributed by atoms with E-state index in [1.165, 1.54) is 19.3 Å². The maximum Gasteiger partial charge on any atom is 0.243 e.